The van der Waals surface area contributed by atoms with Gasteiger partial charge in [0, 0.05) is 10.7 Å². The second-order valence-electron chi connectivity index (χ2n) is 1.77. The first kappa shape index (κ1) is 7.41. The molecule has 0 amide bonds. The van der Waals surface area contributed by atoms with Crippen LogP contribution in [-0.2, 0) is 0 Å². The molecule has 0 aliphatic rings. The number of hydrogen-bond acceptors (Lipinski definition) is 1. The quantitative estimate of drug-likeness (QED) is 0.682. The van der Waals surface area contributed by atoms with Crippen LogP contribution in [0.5, 0.6) is 0 Å². The SMILES string of the molecule is C=C(F)c1ccc(Br)cn1. The summed E-state index contributed by atoms with van der Waals surface area (Å²) in [7, 11) is 0. The lowest BCUT2D eigenvalue weighted by atomic mass is 10.3. The Balaban J connectivity index is 3.00. The molecule has 0 unspecified atom stereocenters. The third-order valence-corrected chi connectivity index (χ3v) is 1.47. The molecule has 0 radical (unpaired) electrons. The Labute approximate surface area is 66.7 Å². The number of pyridine rings is 1. The van der Waals surface area contributed by atoms with Gasteiger partial charge in [0.05, 0.1) is 5.69 Å². The van der Waals surface area contributed by atoms with Crippen molar-refractivity contribution < 1.29 is 4.39 Å². The van der Waals surface area contributed by atoms with Crippen LogP contribution in [0.25, 0.3) is 5.83 Å². The van der Waals surface area contributed by atoms with Gasteiger partial charge in [-0.2, -0.15) is 0 Å². The molecule has 10 heavy (non-hydrogen) atoms. The third kappa shape index (κ3) is 1.64. The van der Waals surface area contributed by atoms with Gasteiger partial charge in [0.25, 0.3) is 0 Å². The first-order valence-corrected chi connectivity index (χ1v) is 3.46. The number of rotatable bonds is 1. The van der Waals surface area contributed by atoms with Gasteiger partial charge in [0.1, 0.15) is 5.83 Å². The molecule has 0 aliphatic carbocycles. The minimum absolute atomic E-state index is 0.281. The zero-order chi connectivity index (χ0) is 7.56. The minimum Gasteiger partial charge on any atom is -0.253 e. The van der Waals surface area contributed by atoms with Crippen LogP contribution in [-0.4, -0.2) is 4.98 Å². The molecule has 0 aliphatic heterocycles. The molecule has 3 heteroatoms. The molecule has 0 saturated heterocycles. The molecule has 1 heterocycles. The van der Waals surface area contributed by atoms with E-state index in [0.717, 1.165) is 4.47 Å². The third-order valence-electron chi connectivity index (χ3n) is 1.01. The Kier molecular flexibility index (Phi) is 2.17. The van der Waals surface area contributed by atoms with E-state index in [9.17, 15) is 4.39 Å². The van der Waals surface area contributed by atoms with Crippen molar-refractivity contribution in [3.63, 3.8) is 0 Å². The molecular formula is C7H5BrFN. The highest BCUT2D eigenvalue weighted by Crippen LogP contribution is 2.13. The van der Waals surface area contributed by atoms with E-state index in [-0.39, 0.29) is 5.69 Å². The van der Waals surface area contributed by atoms with Gasteiger partial charge in [0.2, 0.25) is 0 Å². The lowest BCUT2D eigenvalue weighted by molar-refractivity contribution is 0.755. The molecule has 52 valence electrons. The maximum Gasteiger partial charge on any atom is 0.141 e. The summed E-state index contributed by atoms with van der Waals surface area (Å²) in [5, 5.41) is 0. The first-order valence-electron chi connectivity index (χ1n) is 2.66. The van der Waals surface area contributed by atoms with Gasteiger partial charge in [-0.3, -0.25) is 4.98 Å². The monoisotopic (exact) mass is 201 g/mol. The van der Waals surface area contributed by atoms with Crippen LogP contribution in [0.4, 0.5) is 4.39 Å². The summed E-state index contributed by atoms with van der Waals surface area (Å²) in [4.78, 5) is 3.76. The molecular weight excluding hydrogens is 197 g/mol. The molecule has 0 atom stereocenters. The van der Waals surface area contributed by atoms with E-state index in [1.165, 1.54) is 6.20 Å². The molecule has 0 fully saturated rings. The molecule has 1 aromatic heterocycles. The van der Waals surface area contributed by atoms with Crippen molar-refractivity contribution in [1.82, 2.24) is 4.98 Å². The first-order chi connectivity index (χ1) is 4.70. The molecule has 1 aromatic rings. The number of halogens is 2. The molecule has 0 saturated carbocycles. The minimum atomic E-state index is -0.507. The molecule has 0 spiro atoms. The maximum atomic E-state index is 12.3. The van der Waals surface area contributed by atoms with E-state index in [2.05, 4.69) is 27.5 Å². The van der Waals surface area contributed by atoms with Gasteiger partial charge in [0.15, 0.2) is 0 Å². The molecule has 0 bridgehead atoms. The summed E-state index contributed by atoms with van der Waals surface area (Å²) in [6.07, 6.45) is 1.53. The fraction of sp³-hybridized carbons (Fsp3) is 0. The van der Waals surface area contributed by atoms with Crippen molar-refractivity contribution in [2.75, 3.05) is 0 Å². The summed E-state index contributed by atoms with van der Waals surface area (Å²) in [5.41, 5.74) is 0.281. The van der Waals surface area contributed by atoms with Crippen LogP contribution < -0.4 is 0 Å². The average Bonchev–Trinajstić information content (AvgIpc) is 1.88. The van der Waals surface area contributed by atoms with E-state index in [1.54, 1.807) is 12.1 Å². The van der Waals surface area contributed by atoms with Crippen molar-refractivity contribution in [3.8, 4) is 0 Å². The zero-order valence-corrected chi connectivity index (χ0v) is 6.73. The summed E-state index contributed by atoms with van der Waals surface area (Å²) >= 11 is 3.18. The van der Waals surface area contributed by atoms with Crippen molar-refractivity contribution >= 4 is 21.8 Å². The fourth-order valence-electron chi connectivity index (χ4n) is 0.536. The normalized spacial score (nSPS) is 9.40. The van der Waals surface area contributed by atoms with E-state index in [1.807, 2.05) is 0 Å². The molecule has 1 nitrogen and oxygen atoms in total. The highest BCUT2D eigenvalue weighted by molar-refractivity contribution is 9.10. The van der Waals surface area contributed by atoms with Crippen molar-refractivity contribution in [2.24, 2.45) is 0 Å². The highest BCUT2D eigenvalue weighted by atomic mass is 79.9. The summed E-state index contributed by atoms with van der Waals surface area (Å²) in [6.45, 7) is 3.11. The van der Waals surface area contributed by atoms with Gasteiger partial charge in [-0.25, -0.2) is 4.39 Å². The zero-order valence-electron chi connectivity index (χ0n) is 5.14. The van der Waals surface area contributed by atoms with Gasteiger partial charge >= 0.3 is 0 Å². The number of hydrogen-bond donors (Lipinski definition) is 0. The smallest absolute Gasteiger partial charge is 0.141 e. The van der Waals surface area contributed by atoms with Crippen molar-refractivity contribution in [2.45, 2.75) is 0 Å². The predicted molar refractivity (Wildman–Crippen MR) is 42.1 cm³/mol. The topological polar surface area (TPSA) is 12.9 Å². The van der Waals surface area contributed by atoms with Gasteiger partial charge in [-0.1, -0.05) is 6.58 Å². The van der Waals surface area contributed by atoms with Crippen molar-refractivity contribution in [3.05, 3.63) is 35.1 Å². The molecule has 0 N–H and O–H groups in total. The second kappa shape index (κ2) is 2.92. The maximum absolute atomic E-state index is 12.3. The Morgan fingerprint density at radius 2 is 2.30 bits per heavy atom. The van der Waals surface area contributed by atoms with Crippen LogP contribution in [0.1, 0.15) is 5.69 Å². The Hall–Kier alpha value is -0.700. The van der Waals surface area contributed by atoms with Crippen molar-refractivity contribution in [1.29, 1.82) is 0 Å². The molecule has 0 aromatic carbocycles. The lowest BCUT2D eigenvalue weighted by Gasteiger charge is -1.93. The summed E-state index contributed by atoms with van der Waals surface area (Å²) in [5.74, 6) is -0.507. The largest absolute Gasteiger partial charge is 0.253 e. The summed E-state index contributed by atoms with van der Waals surface area (Å²) < 4.78 is 13.1. The number of aromatic nitrogens is 1. The highest BCUT2D eigenvalue weighted by Gasteiger charge is 1.95. The Morgan fingerprint density at radius 3 is 2.70 bits per heavy atom. The van der Waals surface area contributed by atoms with Crippen LogP contribution in [0.2, 0.25) is 0 Å². The van der Waals surface area contributed by atoms with Crippen LogP contribution in [0.3, 0.4) is 0 Å². The predicted octanol–water partition coefficient (Wildman–Crippen LogP) is 2.78. The summed E-state index contributed by atoms with van der Waals surface area (Å²) in [6, 6.07) is 3.28. The Morgan fingerprint density at radius 1 is 1.60 bits per heavy atom. The van der Waals surface area contributed by atoms with Crippen LogP contribution in [0, 0.1) is 0 Å². The Bertz CT molecular complexity index is 242. The standard InChI is InChI=1S/C7H5BrFN/c1-5(9)7-3-2-6(8)4-10-7/h2-4H,1H2. The van der Waals surface area contributed by atoms with E-state index in [4.69, 9.17) is 0 Å². The average molecular weight is 202 g/mol. The van der Waals surface area contributed by atoms with Gasteiger partial charge in [-0.15, -0.1) is 0 Å². The van der Waals surface area contributed by atoms with Crippen LogP contribution >= 0.6 is 15.9 Å². The van der Waals surface area contributed by atoms with E-state index >= 15 is 0 Å². The molecule has 1 rings (SSSR count). The number of nitrogens with zero attached hydrogens (tertiary/aromatic N) is 1. The second-order valence-corrected chi connectivity index (χ2v) is 2.68. The van der Waals surface area contributed by atoms with E-state index < -0.39 is 5.83 Å². The fourth-order valence-corrected chi connectivity index (χ4v) is 0.771. The lowest BCUT2D eigenvalue weighted by Crippen LogP contribution is -1.81. The van der Waals surface area contributed by atoms with E-state index in [0.29, 0.717) is 0 Å². The van der Waals surface area contributed by atoms with Gasteiger partial charge in [-0.05, 0) is 28.1 Å². The van der Waals surface area contributed by atoms with Crippen LogP contribution in [0.15, 0.2) is 29.4 Å². The van der Waals surface area contributed by atoms with Gasteiger partial charge < -0.3 is 0 Å².